The number of aryl methyl sites for hydroxylation is 1. The van der Waals surface area contributed by atoms with Gasteiger partial charge in [0, 0.05) is 10.7 Å². The van der Waals surface area contributed by atoms with E-state index in [0.29, 0.717) is 33.5 Å². The van der Waals surface area contributed by atoms with E-state index in [9.17, 15) is 14.4 Å². The molecule has 3 rings (SSSR count). The molecule has 0 fully saturated rings. The number of carbonyl (C=O) groups is 3. The number of rotatable bonds is 8. The molecule has 0 unspecified atom stereocenters. The number of anilines is 2. The SMILES string of the molecule is COc1ccccc1NC(=O)COc1ccc(/C=N\NC(=O)C(=O)Nc2ccc(Cl)cc2C)cc1. The first-order chi connectivity index (χ1) is 16.9. The van der Waals surface area contributed by atoms with E-state index in [-0.39, 0.29) is 12.5 Å². The van der Waals surface area contributed by atoms with Crippen LogP contribution in [0.3, 0.4) is 0 Å². The lowest BCUT2D eigenvalue weighted by Gasteiger charge is -2.10. The van der Waals surface area contributed by atoms with Gasteiger partial charge in [-0.3, -0.25) is 14.4 Å². The maximum absolute atomic E-state index is 12.1. The molecule has 3 amide bonds. The average Bonchev–Trinajstić information content (AvgIpc) is 2.85. The van der Waals surface area contributed by atoms with Gasteiger partial charge < -0.3 is 20.1 Å². The highest BCUT2D eigenvalue weighted by molar-refractivity contribution is 6.39. The average molecular weight is 495 g/mol. The minimum absolute atomic E-state index is 0.191. The van der Waals surface area contributed by atoms with Crippen LogP contribution < -0.4 is 25.5 Å². The monoisotopic (exact) mass is 494 g/mol. The fourth-order valence-electron chi connectivity index (χ4n) is 2.90. The molecule has 0 atom stereocenters. The van der Waals surface area contributed by atoms with E-state index in [1.54, 1.807) is 73.7 Å². The van der Waals surface area contributed by atoms with Crippen molar-refractivity contribution in [3.8, 4) is 11.5 Å². The van der Waals surface area contributed by atoms with Crippen LogP contribution in [0.4, 0.5) is 11.4 Å². The van der Waals surface area contributed by atoms with Crippen LogP contribution in [0.25, 0.3) is 0 Å². The maximum Gasteiger partial charge on any atom is 0.329 e. The standard InChI is InChI=1S/C25H23ClN4O5/c1-16-13-18(26)9-12-20(16)29-24(32)25(33)30-27-14-17-7-10-19(11-8-17)35-15-23(31)28-21-5-3-4-6-22(21)34-2/h3-14H,15H2,1-2H3,(H,28,31)(H,29,32)(H,30,33)/b27-14-. The zero-order valence-corrected chi connectivity index (χ0v) is 19.8. The number of hydrazone groups is 1. The van der Waals surface area contributed by atoms with Crippen molar-refractivity contribution in [3.05, 3.63) is 82.9 Å². The van der Waals surface area contributed by atoms with Crippen molar-refractivity contribution in [2.75, 3.05) is 24.4 Å². The molecule has 0 aliphatic heterocycles. The Morgan fingerprint density at radius 1 is 0.943 bits per heavy atom. The fraction of sp³-hybridized carbons (Fsp3) is 0.120. The van der Waals surface area contributed by atoms with Crippen molar-refractivity contribution in [2.24, 2.45) is 5.10 Å². The molecule has 0 spiro atoms. The normalized spacial score (nSPS) is 10.5. The molecule has 9 nitrogen and oxygen atoms in total. The van der Waals surface area contributed by atoms with E-state index in [0.717, 1.165) is 5.56 Å². The molecule has 0 radical (unpaired) electrons. The molecule has 180 valence electrons. The Balaban J connectivity index is 1.45. The van der Waals surface area contributed by atoms with Gasteiger partial charge in [-0.2, -0.15) is 5.10 Å². The van der Waals surface area contributed by atoms with Crippen molar-refractivity contribution in [1.82, 2.24) is 5.43 Å². The van der Waals surface area contributed by atoms with E-state index in [2.05, 4.69) is 21.2 Å². The molecular formula is C25H23ClN4O5. The third-order valence-corrected chi connectivity index (χ3v) is 4.89. The van der Waals surface area contributed by atoms with Crippen molar-refractivity contribution < 1.29 is 23.9 Å². The van der Waals surface area contributed by atoms with Crippen molar-refractivity contribution >= 4 is 46.9 Å². The maximum atomic E-state index is 12.1. The number of hydrogen-bond donors (Lipinski definition) is 3. The molecule has 3 aromatic rings. The number of nitrogens with zero attached hydrogens (tertiary/aromatic N) is 1. The zero-order chi connectivity index (χ0) is 25.2. The number of nitrogens with one attached hydrogen (secondary N) is 3. The van der Waals surface area contributed by atoms with Crippen LogP contribution in [0, 0.1) is 6.92 Å². The summed E-state index contributed by atoms with van der Waals surface area (Å²) in [4.78, 5) is 36.1. The lowest BCUT2D eigenvalue weighted by atomic mass is 10.2. The van der Waals surface area contributed by atoms with Crippen LogP contribution in [0.15, 0.2) is 71.8 Å². The molecule has 0 bridgehead atoms. The second-order valence-electron chi connectivity index (χ2n) is 7.22. The van der Waals surface area contributed by atoms with Crippen LogP contribution in [-0.4, -0.2) is 37.7 Å². The first-order valence-electron chi connectivity index (χ1n) is 10.4. The Hall–Kier alpha value is -4.37. The largest absolute Gasteiger partial charge is 0.495 e. The Labute approximate surface area is 207 Å². The van der Waals surface area contributed by atoms with Crippen LogP contribution >= 0.6 is 11.6 Å². The van der Waals surface area contributed by atoms with E-state index >= 15 is 0 Å². The summed E-state index contributed by atoms with van der Waals surface area (Å²) in [7, 11) is 1.52. The van der Waals surface area contributed by atoms with Gasteiger partial charge in [-0.1, -0.05) is 23.7 Å². The minimum atomic E-state index is -0.920. The number of para-hydroxylation sites is 2. The molecule has 3 N–H and O–H groups in total. The number of halogens is 1. The van der Waals surface area contributed by atoms with Gasteiger partial charge in [0.15, 0.2) is 6.61 Å². The Kier molecular flexibility index (Phi) is 8.80. The molecule has 10 heteroatoms. The van der Waals surface area contributed by atoms with Gasteiger partial charge in [-0.05, 0) is 72.6 Å². The Morgan fingerprint density at radius 2 is 1.69 bits per heavy atom. The Morgan fingerprint density at radius 3 is 2.40 bits per heavy atom. The predicted molar refractivity (Wildman–Crippen MR) is 134 cm³/mol. The molecule has 0 aliphatic rings. The number of hydrogen-bond acceptors (Lipinski definition) is 6. The summed E-state index contributed by atoms with van der Waals surface area (Å²) < 4.78 is 10.7. The second kappa shape index (κ2) is 12.2. The van der Waals surface area contributed by atoms with Crippen molar-refractivity contribution in [1.29, 1.82) is 0 Å². The van der Waals surface area contributed by atoms with Gasteiger partial charge in [-0.15, -0.1) is 0 Å². The summed E-state index contributed by atoms with van der Waals surface area (Å²) in [5.74, 6) is -1.09. The molecule has 0 saturated heterocycles. The van der Waals surface area contributed by atoms with Gasteiger partial charge in [0.1, 0.15) is 11.5 Å². The topological polar surface area (TPSA) is 118 Å². The van der Waals surface area contributed by atoms with Gasteiger partial charge in [-0.25, -0.2) is 5.43 Å². The third kappa shape index (κ3) is 7.58. The highest BCUT2D eigenvalue weighted by atomic mass is 35.5. The van der Waals surface area contributed by atoms with Crippen LogP contribution in [0.1, 0.15) is 11.1 Å². The van der Waals surface area contributed by atoms with Gasteiger partial charge in [0.2, 0.25) is 0 Å². The van der Waals surface area contributed by atoms with Crippen LogP contribution in [-0.2, 0) is 14.4 Å². The summed E-state index contributed by atoms with van der Waals surface area (Å²) in [6, 6.07) is 18.6. The molecular weight excluding hydrogens is 472 g/mol. The molecule has 0 aromatic heterocycles. The highest BCUT2D eigenvalue weighted by Crippen LogP contribution is 2.23. The third-order valence-electron chi connectivity index (χ3n) is 4.65. The van der Waals surface area contributed by atoms with Gasteiger partial charge in [0.05, 0.1) is 19.0 Å². The number of carbonyl (C=O) groups excluding carboxylic acids is 3. The summed E-state index contributed by atoms with van der Waals surface area (Å²) in [5, 5.41) is 9.54. The number of ether oxygens (including phenoxy) is 2. The van der Waals surface area contributed by atoms with Crippen molar-refractivity contribution in [2.45, 2.75) is 6.92 Å². The smallest absolute Gasteiger partial charge is 0.329 e. The number of amides is 3. The molecule has 35 heavy (non-hydrogen) atoms. The van der Waals surface area contributed by atoms with E-state index < -0.39 is 11.8 Å². The van der Waals surface area contributed by atoms with Crippen molar-refractivity contribution in [3.63, 3.8) is 0 Å². The summed E-state index contributed by atoms with van der Waals surface area (Å²) in [6.07, 6.45) is 1.37. The number of methoxy groups -OCH3 is 1. The molecule has 3 aromatic carbocycles. The predicted octanol–water partition coefficient (Wildman–Crippen LogP) is 3.76. The molecule has 0 heterocycles. The zero-order valence-electron chi connectivity index (χ0n) is 19.0. The lowest BCUT2D eigenvalue weighted by Crippen LogP contribution is -2.32. The lowest BCUT2D eigenvalue weighted by molar-refractivity contribution is -0.136. The van der Waals surface area contributed by atoms with Crippen LogP contribution in [0.2, 0.25) is 5.02 Å². The fourth-order valence-corrected chi connectivity index (χ4v) is 3.12. The van der Waals surface area contributed by atoms with Gasteiger partial charge in [0.25, 0.3) is 5.91 Å². The second-order valence-corrected chi connectivity index (χ2v) is 7.66. The minimum Gasteiger partial charge on any atom is -0.495 e. The summed E-state index contributed by atoms with van der Waals surface area (Å²) in [5.41, 5.74) is 4.56. The molecule has 0 aliphatic carbocycles. The summed E-state index contributed by atoms with van der Waals surface area (Å²) >= 11 is 5.88. The first kappa shape index (κ1) is 25.3. The number of benzene rings is 3. The first-order valence-corrected chi connectivity index (χ1v) is 10.8. The van der Waals surface area contributed by atoms with E-state index in [1.807, 2.05) is 0 Å². The van der Waals surface area contributed by atoms with E-state index in [1.165, 1.54) is 13.3 Å². The quantitative estimate of drug-likeness (QED) is 0.250. The van der Waals surface area contributed by atoms with Gasteiger partial charge >= 0.3 is 11.8 Å². The molecule has 0 saturated carbocycles. The Bertz CT molecular complexity index is 1240. The summed E-state index contributed by atoms with van der Waals surface area (Å²) in [6.45, 7) is 1.57. The highest BCUT2D eigenvalue weighted by Gasteiger charge is 2.14. The van der Waals surface area contributed by atoms with E-state index in [4.69, 9.17) is 21.1 Å². The van der Waals surface area contributed by atoms with Crippen LogP contribution in [0.5, 0.6) is 11.5 Å².